The Hall–Kier alpha value is -2.35. The Balaban J connectivity index is 1.22. The number of piperazine rings is 1. The van der Waals surface area contributed by atoms with E-state index in [-0.39, 0.29) is 11.8 Å². The van der Waals surface area contributed by atoms with Crippen molar-refractivity contribution in [2.45, 2.75) is 45.1 Å². The Morgan fingerprint density at radius 2 is 1.43 bits per heavy atom. The molecule has 2 aliphatic rings. The maximum absolute atomic E-state index is 12.9. The van der Waals surface area contributed by atoms with Gasteiger partial charge in [0.1, 0.15) is 0 Å². The summed E-state index contributed by atoms with van der Waals surface area (Å²) in [5.74, 6) is 0.701. The molecule has 28 heavy (non-hydrogen) atoms. The summed E-state index contributed by atoms with van der Waals surface area (Å²) < 4.78 is 14.6. The van der Waals surface area contributed by atoms with Gasteiger partial charge in [-0.05, 0) is 45.1 Å². The van der Waals surface area contributed by atoms with Gasteiger partial charge < -0.3 is 15.1 Å². The van der Waals surface area contributed by atoms with Crippen molar-refractivity contribution in [1.29, 1.82) is 0 Å². The van der Waals surface area contributed by atoms with E-state index in [2.05, 4.69) is 19.8 Å². The standard InChI is InChI=1S/C20H28FN5O2/c21-15-13-22-20(23-14-15)25-11-9-24(10-12-25)7-3-4-8-26-18(27)16-5-1-2-6-17(16)19(26)28/h13-14,27-28H,1-12H2. The van der Waals surface area contributed by atoms with Crippen molar-refractivity contribution in [3.05, 3.63) is 29.3 Å². The summed E-state index contributed by atoms with van der Waals surface area (Å²) in [5.41, 5.74) is 1.89. The largest absolute Gasteiger partial charge is 0.494 e. The molecule has 0 radical (unpaired) electrons. The summed E-state index contributed by atoms with van der Waals surface area (Å²) in [7, 11) is 0. The molecule has 7 nitrogen and oxygen atoms in total. The molecule has 2 aromatic heterocycles. The van der Waals surface area contributed by atoms with E-state index in [1.54, 1.807) is 4.57 Å². The lowest BCUT2D eigenvalue weighted by Crippen LogP contribution is -2.47. The summed E-state index contributed by atoms with van der Waals surface area (Å²) >= 11 is 0. The third-order valence-electron chi connectivity index (χ3n) is 5.89. The summed E-state index contributed by atoms with van der Waals surface area (Å²) in [6.45, 7) is 5.15. The van der Waals surface area contributed by atoms with Gasteiger partial charge in [-0.15, -0.1) is 0 Å². The van der Waals surface area contributed by atoms with Crippen LogP contribution < -0.4 is 4.90 Å². The van der Waals surface area contributed by atoms with E-state index < -0.39 is 5.82 Å². The number of aromatic nitrogens is 3. The molecule has 1 fully saturated rings. The molecule has 3 heterocycles. The van der Waals surface area contributed by atoms with Gasteiger partial charge in [-0.2, -0.15) is 0 Å². The normalized spacial score (nSPS) is 17.7. The summed E-state index contributed by atoms with van der Waals surface area (Å²) in [4.78, 5) is 12.6. The van der Waals surface area contributed by atoms with E-state index in [1.165, 1.54) is 12.4 Å². The number of rotatable bonds is 6. The highest BCUT2D eigenvalue weighted by molar-refractivity contribution is 5.46. The van der Waals surface area contributed by atoms with Gasteiger partial charge in [0.25, 0.3) is 0 Å². The van der Waals surface area contributed by atoms with Crippen molar-refractivity contribution in [3.8, 4) is 11.8 Å². The molecular weight excluding hydrogens is 361 g/mol. The number of unbranched alkanes of at least 4 members (excludes halogenated alkanes) is 1. The number of hydrogen-bond donors (Lipinski definition) is 2. The average Bonchev–Trinajstić information content (AvgIpc) is 2.97. The van der Waals surface area contributed by atoms with Gasteiger partial charge in [0.15, 0.2) is 17.6 Å². The first-order chi connectivity index (χ1) is 13.6. The van der Waals surface area contributed by atoms with Crippen LogP contribution in [0.3, 0.4) is 0 Å². The van der Waals surface area contributed by atoms with E-state index in [1.807, 2.05) is 0 Å². The molecule has 1 saturated heterocycles. The maximum atomic E-state index is 12.9. The fourth-order valence-corrected chi connectivity index (χ4v) is 4.28. The zero-order valence-electron chi connectivity index (χ0n) is 16.1. The van der Waals surface area contributed by atoms with Crippen LogP contribution in [0.5, 0.6) is 11.8 Å². The fraction of sp³-hybridized carbons (Fsp3) is 0.600. The van der Waals surface area contributed by atoms with Crippen LogP contribution >= 0.6 is 0 Å². The lowest BCUT2D eigenvalue weighted by atomic mass is 9.95. The number of hydrogen-bond acceptors (Lipinski definition) is 6. The Bertz CT molecular complexity index is 770. The van der Waals surface area contributed by atoms with Crippen LogP contribution in [0.15, 0.2) is 12.4 Å². The van der Waals surface area contributed by atoms with E-state index >= 15 is 0 Å². The highest BCUT2D eigenvalue weighted by atomic mass is 19.1. The van der Waals surface area contributed by atoms with Crippen molar-refractivity contribution in [3.63, 3.8) is 0 Å². The Kier molecular flexibility index (Phi) is 5.66. The third kappa shape index (κ3) is 3.92. The van der Waals surface area contributed by atoms with E-state index in [4.69, 9.17) is 0 Å². The SMILES string of the molecule is Oc1c2c(c(O)n1CCCCN1CCN(c3ncc(F)cn3)CC1)CCCC2. The Morgan fingerprint density at radius 3 is 2.04 bits per heavy atom. The minimum Gasteiger partial charge on any atom is -0.494 e. The first kappa shape index (κ1) is 19.0. The van der Waals surface area contributed by atoms with Gasteiger partial charge >= 0.3 is 0 Å². The van der Waals surface area contributed by atoms with Crippen LogP contribution in [0, 0.1) is 5.82 Å². The van der Waals surface area contributed by atoms with Crippen LogP contribution in [0.1, 0.15) is 36.8 Å². The number of halogens is 1. The number of nitrogens with zero attached hydrogens (tertiary/aromatic N) is 5. The fourth-order valence-electron chi connectivity index (χ4n) is 4.28. The zero-order valence-corrected chi connectivity index (χ0v) is 16.1. The second-order valence-corrected chi connectivity index (χ2v) is 7.70. The van der Waals surface area contributed by atoms with Gasteiger partial charge in [-0.1, -0.05) is 0 Å². The third-order valence-corrected chi connectivity index (χ3v) is 5.89. The second kappa shape index (κ2) is 8.34. The molecule has 1 aliphatic heterocycles. The Labute approximate surface area is 164 Å². The highest BCUT2D eigenvalue weighted by Crippen LogP contribution is 2.38. The molecule has 2 aromatic rings. The quantitative estimate of drug-likeness (QED) is 0.739. The first-order valence-corrected chi connectivity index (χ1v) is 10.2. The summed E-state index contributed by atoms with van der Waals surface area (Å²) in [6, 6.07) is 0. The topological polar surface area (TPSA) is 77.7 Å². The van der Waals surface area contributed by atoms with Crippen LogP contribution in [-0.4, -0.2) is 62.4 Å². The molecule has 0 unspecified atom stereocenters. The van der Waals surface area contributed by atoms with E-state index in [0.29, 0.717) is 12.5 Å². The van der Waals surface area contributed by atoms with Crippen molar-refractivity contribution in [1.82, 2.24) is 19.4 Å². The summed E-state index contributed by atoms with van der Waals surface area (Å²) in [6.07, 6.45) is 8.23. The molecule has 0 amide bonds. The monoisotopic (exact) mass is 389 g/mol. The van der Waals surface area contributed by atoms with E-state index in [9.17, 15) is 14.6 Å². The molecule has 0 bridgehead atoms. The lowest BCUT2D eigenvalue weighted by molar-refractivity contribution is 0.248. The molecule has 0 atom stereocenters. The zero-order chi connectivity index (χ0) is 19.5. The molecule has 0 spiro atoms. The minimum atomic E-state index is -0.414. The van der Waals surface area contributed by atoms with Crippen molar-refractivity contribution < 1.29 is 14.6 Å². The molecule has 4 rings (SSSR count). The summed E-state index contributed by atoms with van der Waals surface area (Å²) in [5, 5.41) is 20.8. The molecule has 1 aliphatic carbocycles. The Morgan fingerprint density at radius 1 is 0.857 bits per heavy atom. The lowest BCUT2D eigenvalue weighted by Gasteiger charge is -2.34. The van der Waals surface area contributed by atoms with E-state index in [0.717, 1.165) is 82.4 Å². The van der Waals surface area contributed by atoms with Crippen LogP contribution in [0.2, 0.25) is 0 Å². The highest BCUT2D eigenvalue weighted by Gasteiger charge is 2.24. The van der Waals surface area contributed by atoms with Gasteiger partial charge in [0.2, 0.25) is 5.95 Å². The average molecular weight is 389 g/mol. The molecule has 0 aromatic carbocycles. The van der Waals surface area contributed by atoms with Crippen molar-refractivity contribution >= 4 is 5.95 Å². The first-order valence-electron chi connectivity index (χ1n) is 10.2. The molecular formula is C20H28FN5O2. The van der Waals surface area contributed by atoms with Gasteiger partial charge in [-0.3, -0.25) is 9.47 Å². The smallest absolute Gasteiger partial charge is 0.225 e. The van der Waals surface area contributed by atoms with Gasteiger partial charge in [-0.25, -0.2) is 14.4 Å². The van der Waals surface area contributed by atoms with Crippen LogP contribution in [0.4, 0.5) is 10.3 Å². The van der Waals surface area contributed by atoms with Crippen LogP contribution in [0.25, 0.3) is 0 Å². The minimum absolute atomic E-state index is 0.264. The molecule has 0 saturated carbocycles. The number of aromatic hydroxyl groups is 2. The molecule has 2 N–H and O–H groups in total. The number of anilines is 1. The van der Waals surface area contributed by atoms with Crippen molar-refractivity contribution in [2.75, 3.05) is 37.6 Å². The van der Waals surface area contributed by atoms with Crippen LogP contribution in [-0.2, 0) is 19.4 Å². The number of fused-ring (bicyclic) bond motifs is 1. The maximum Gasteiger partial charge on any atom is 0.225 e. The second-order valence-electron chi connectivity index (χ2n) is 7.70. The predicted molar refractivity (Wildman–Crippen MR) is 104 cm³/mol. The van der Waals surface area contributed by atoms with Gasteiger partial charge in [0, 0.05) is 43.9 Å². The van der Waals surface area contributed by atoms with Gasteiger partial charge in [0.05, 0.1) is 12.4 Å². The molecule has 152 valence electrons. The predicted octanol–water partition coefficient (Wildman–Crippen LogP) is 2.31. The van der Waals surface area contributed by atoms with Crippen molar-refractivity contribution in [2.24, 2.45) is 0 Å². The molecule has 8 heteroatoms.